The number of amides is 2. The first kappa shape index (κ1) is 27.9. The molecule has 3 atom stereocenters. The molecule has 2 rings (SSSR count). The molecule has 0 saturated carbocycles. The normalized spacial score (nSPS) is 17.8. The molecule has 12 heteroatoms. The average Bonchev–Trinajstić information content (AvgIpc) is 3.43. The summed E-state index contributed by atoms with van der Waals surface area (Å²) in [6.45, 7) is 9.20. The van der Waals surface area contributed by atoms with E-state index in [9.17, 15) is 19.5 Å². The fraction of sp³-hybridized carbons (Fsp3) is 0.682. The van der Waals surface area contributed by atoms with Crippen LogP contribution in [0.5, 0.6) is 0 Å². The maximum absolute atomic E-state index is 13.0. The summed E-state index contributed by atoms with van der Waals surface area (Å²) in [5, 5.41) is 17.8. The molecule has 0 aromatic carbocycles. The van der Waals surface area contributed by atoms with Gasteiger partial charge in [-0.25, -0.2) is 14.6 Å². The number of thiazole rings is 1. The minimum absolute atomic E-state index is 0.0376. The van der Waals surface area contributed by atoms with Crippen molar-refractivity contribution in [1.82, 2.24) is 20.5 Å². The minimum atomic E-state index is -1.02. The summed E-state index contributed by atoms with van der Waals surface area (Å²) in [5.41, 5.74) is -0.466. The van der Waals surface area contributed by atoms with Crippen LogP contribution >= 0.6 is 23.6 Å². The number of esters is 1. The van der Waals surface area contributed by atoms with Crippen molar-refractivity contribution in [2.75, 3.05) is 20.3 Å². The zero-order valence-electron chi connectivity index (χ0n) is 20.4. The Kier molecular flexibility index (Phi) is 9.77. The number of carbonyl (C=O) groups is 3. The lowest BCUT2D eigenvalue weighted by atomic mass is 10.0. The van der Waals surface area contributed by atoms with Crippen LogP contribution in [0.3, 0.4) is 0 Å². The molecule has 2 amide bonds. The minimum Gasteiger partial charge on any atom is -0.464 e. The van der Waals surface area contributed by atoms with E-state index in [0.717, 1.165) is 6.42 Å². The lowest BCUT2D eigenvalue weighted by Gasteiger charge is -2.30. The highest BCUT2D eigenvalue weighted by Crippen LogP contribution is 2.26. The summed E-state index contributed by atoms with van der Waals surface area (Å²) in [7, 11) is 1.28. The molecule has 1 saturated heterocycles. The molecule has 3 N–H and O–H groups in total. The molecule has 0 bridgehead atoms. The number of methoxy groups -OCH3 is 1. The van der Waals surface area contributed by atoms with Crippen LogP contribution in [0.2, 0.25) is 0 Å². The van der Waals surface area contributed by atoms with Gasteiger partial charge in [0.25, 0.3) is 0 Å². The fourth-order valence-corrected chi connectivity index (χ4v) is 4.83. The molecular weight excluding hydrogens is 480 g/mol. The topological polar surface area (TPSA) is 130 Å². The summed E-state index contributed by atoms with van der Waals surface area (Å²) in [4.78, 5) is 43.4. The van der Waals surface area contributed by atoms with E-state index in [4.69, 9.17) is 21.7 Å². The van der Waals surface area contributed by atoms with Gasteiger partial charge in [0.1, 0.15) is 16.7 Å². The second-order valence-electron chi connectivity index (χ2n) is 9.37. The number of hydrogen-bond donors (Lipinski definition) is 3. The van der Waals surface area contributed by atoms with Crippen molar-refractivity contribution in [2.24, 2.45) is 5.92 Å². The Morgan fingerprint density at radius 3 is 2.56 bits per heavy atom. The molecule has 190 valence electrons. The zero-order chi connectivity index (χ0) is 25.6. The van der Waals surface area contributed by atoms with E-state index in [2.05, 4.69) is 15.6 Å². The first-order valence-electron chi connectivity index (χ1n) is 11.1. The first-order chi connectivity index (χ1) is 15.9. The standard InChI is InChI=1S/C22H34N4O6S2/c1-12(2)16(19-24-14(11-34-19)20(29)31-6)25-17(28)13(10-27)23-18(33)15-8-7-9-26(15)21(30)32-22(3,4)5/h11-13,15-16,27H,7-10H2,1-6H3,(H,23,33)(H,25,28)/t13-,15-,16-/m0/s1. The summed E-state index contributed by atoms with van der Waals surface area (Å²) in [6.07, 6.45) is 0.924. The van der Waals surface area contributed by atoms with Gasteiger partial charge in [-0.05, 0) is 39.5 Å². The van der Waals surface area contributed by atoms with Crippen molar-refractivity contribution in [1.29, 1.82) is 0 Å². The Bertz CT molecular complexity index is 898. The average molecular weight is 515 g/mol. The largest absolute Gasteiger partial charge is 0.464 e. The number of ether oxygens (including phenoxy) is 2. The van der Waals surface area contributed by atoms with E-state index < -0.39 is 48.3 Å². The van der Waals surface area contributed by atoms with E-state index in [0.29, 0.717) is 23.0 Å². The number of nitrogens with one attached hydrogen (secondary N) is 2. The molecule has 0 radical (unpaired) electrons. The molecular formula is C22H34N4O6S2. The maximum Gasteiger partial charge on any atom is 0.410 e. The van der Waals surface area contributed by atoms with Crippen LogP contribution < -0.4 is 10.6 Å². The number of likely N-dealkylation sites (tertiary alicyclic amines) is 1. The molecule has 0 spiro atoms. The number of aliphatic hydroxyl groups excluding tert-OH is 1. The molecule has 1 fully saturated rings. The van der Waals surface area contributed by atoms with Crippen LogP contribution in [0.15, 0.2) is 5.38 Å². The van der Waals surface area contributed by atoms with Gasteiger partial charge >= 0.3 is 12.1 Å². The monoisotopic (exact) mass is 514 g/mol. The van der Waals surface area contributed by atoms with Gasteiger partial charge < -0.3 is 25.2 Å². The fourth-order valence-electron chi connectivity index (χ4n) is 3.44. The number of carbonyl (C=O) groups excluding carboxylic acids is 3. The zero-order valence-corrected chi connectivity index (χ0v) is 22.0. The molecule has 0 aliphatic carbocycles. The Labute approximate surface area is 209 Å². The highest BCUT2D eigenvalue weighted by Gasteiger charge is 2.36. The second-order valence-corrected chi connectivity index (χ2v) is 10.7. The Balaban J connectivity index is 2.07. The molecule has 34 heavy (non-hydrogen) atoms. The van der Waals surface area contributed by atoms with Crippen molar-refractivity contribution >= 4 is 46.5 Å². The van der Waals surface area contributed by atoms with Gasteiger partial charge in [-0.15, -0.1) is 11.3 Å². The van der Waals surface area contributed by atoms with Crippen LogP contribution in [-0.4, -0.2) is 75.9 Å². The second kappa shape index (κ2) is 11.9. The highest BCUT2D eigenvalue weighted by molar-refractivity contribution is 7.80. The molecule has 2 heterocycles. The van der Waals surface area contributed by atoms with Crippen LogP contribution in [0.1, 0.15) is 69.0 Å². The smallest absolute Gasteiger partial charge is 0.410 e. The van der Waals surface area contributed by atoms with Gasteiger partial charge in [0.05, 0.1) is 30.8 Å². The van der Waals surface area contributed by atoms with Gasteiger partial charge in [0, 0.05) is 11.9 Å². The maximum atomic E-state index is 13.0. The van der Waals surface area contributed by atoms with Gasteiger partial charge in [-0.2, -0.15) is 0 Å². The summed E-state index contributed by atoms with van der Waals surface area (Å²) in [6, 6.07) is -1.92. The molecule has 1 aromatic heterocycles. The number of rotatable bonds is 8. The number of aromatic nitrogens is 1. The first-order valence-corrected chi connectivity index (χ1v) is 12.4. The van der Waals surface area contributed by atoms with E-state index in [1.54, 1.807) is 31.1 Å². The SMILES string of the molecule is COC(=O)c1csc([C@@H](NC(=O)[C@H](CO)NC(=S)[C@@H]2CCCN2C(=O)OC(C)(C)C)C(C)C)n1. The van der Waals surface area contributed by atoms with Crippen molar-refractivity contribution < 1.29 is 29.0 Å². The number of nitrogens with zero attached hydrogens (tertiary/aromatic N) is 2. The Morgan fingerprint density at radius 2 is 2.00 bits per heavy atom. The van der Waals surface area contributed by atoms with Gasteiger partial charge in [0.15, 0.2) is 5.69 Å². The summed E-state index contributed by atoms with van der Waals surface area (Å²) >= 11 is 6.74. The number of hydrogen-bond acceptors (Lipinski definition) is 9. The van der Waals surface area contributed by atoms with Crippen LogP contribution in [0.4, 0.5) is 4.79 Å². The quantitative estimate of drug-likeness (QED) is 0.354. The van der Waals surface area contributed by atoms with Crippen LogP contribution in [0, 0.1) is 5.92 Å². The summed E-state index contributed by atoms with van der Waals surface area (Å²) < 4.78 is 10.2. The Hall–Kier alpha value is -2.31. The van der Waals surface area contributed by atoms with E-state index in [1.807, 2.05) is 13.8 Å². The van der Waals surface area contributed by atoms with Gasteiger partial charge in [-0.1, -0.05) is 26.1 Å². The van der Waals surface area contributed by atoms with Crippen LogP contribution in [-0.2, 0) is 14.3 Å². The van der Waals surface area contributed by atoms with Crippen molar-refractivity contribution in [2.45, 2.75) is 71.2 Å². The lowest BCUT2D eigenvalue weighted by Crippen LogP contribution is -2.54. The third-order valence-electron chi connectivity index (χ3n) is 5.15. The highest BCUT2D eigenvalue weighted by atomic mass is 32.1. The van der Waals surface area contributed by atoms with Crippen LogP contribution in [0.25, 0.3) is 0 Å². The Morgan fingerprint density at radius 1 is 1.32 bits per heavy atom. The van der Waals surface area contributed by atoms with E-state index in [-0.39, 0.29) is 11.6 Å². The molecule has 1 aliphatic rings. The molecule has 10 nitrogen and oxygen atoms in total. The third-order valence-corrected chi connectivity index (χ3v) is 6.46. The predicted molar refractivity (Wildman–Crippen MR) is 132 cm³/mol. The molecule has 1 aromatic rings. The van der Waals surface area contributed by atoms with Crippen molar-refractivity contribution in [3.05, 3.63) is 16.1 Å². The van der Waals surface area contributed by atoms with Gasteiger partial charge in [-0.3, -0.25) is 9.69 Å². The van der Waals surface area contributed by atoms with Gasteiger partial charge in [0.2, 0.25) is 5.91 Å². The van der Waals surface area contributed by atoms with Crippen molar-refractivity contribution in [3.63, 3.8) is 0 Å². The molecule has 0 unspecified atom stereocenters. The number of thiocarbonyl (C=S) groups is 1. The number of aliphatic hydroxyl groups is 1. The van der Waals surface area contributed by atoms with E-state index >= 15 is 0 Å². The predicted octanol–water partition coefficient (Wildman–Crippen LogP) is 2.42. The van der Waals surface area contributed by atoms with Crippen molar-refractivity contribution in [3.8, 4) is 0 Å². The molecule has 1 aliphatic heterocycles. The van der Waals surface area contributed by atoms with E-state index in [1.165, 1.54) is 18.4 Å². The third kappa shape index (κ3) is 7.34. The lowest BCUT2D eigenvalue weighted by molar-refractivity contribution is -0.124. The summed E-state index contributed by atoms with van der Waals surface area (Å²) in [5.74, 6) is -1.06.